The fraction of sp³-hybridized carbons (Fsp3) is 0.600. The van der Waals surface area contributed by atoms with Crippen LogP contribution in [0.4, 0.5) is 17.5 Å². The van der Waals surface area contributed by atoms with Crippen molar-refractivity contribution in [1.82, 2.24) is 19.4 Å². The summed E-state index contributed by atoms with van der Waals surface area (Å²) in [6.07, 6.45) is 7.40. The molecular weight excluding hydrogens is 524 g/mol. The highest BCUT2D eigenvalue weighted by Crippen LogP contribution is 2.52. The van der Waals surface area contributed by atoms with Crippen LogP contribution in [-0.4, -0.2) is 76.5 Å². The molecular formula is C30H42N6O3S. The van der Waals surface area contributed by atoms with Gasteiger partial charge in [-0.15, -0.1) is 0 Å². The summed E-state index contributed by atoms with van der Waals surface area (Å²) >= 11 is 0. The number of rotatable bonds is 6. The number of β-amino-alcohol motifs (C(OH)–C–C–N with tert-alkyl or cyclic N) is 1. The van der Waals surface area contributed by atoms with E-state index in [1.54, 1.807) is 12.1 Å². The minimum Gasteiger partial charge on any atom is -0.388 e. The van der Waals surface area contributed by atoms with Gasteiger partial charge in [-0.05, 0) is 107 Å². The molecule has 1 unspecified atom stereocenters. The molecule has 9 nitrogen and oxygen atoms in total. The number of benzene rings is 1. The van der Waals surface area contributed by atoms with E-state index < -0.39 is 15.4 Å². The average molecular weight is 567 g/mol. The number of nitrogens with one attached hydrogen (secondary N) is 1. The Bertz CT molecular complexity index is 1520. The Kier molecular flexibility index (Phi) is 6.86. The van der Waals surface area contributed by atoms with Gasteiger partial charge in [0.15, 0.2) is 15.7 Å². The SMILES string of the molecule is CCN1CCC2(CC1)CC(S(=O)(=O)c1ccc(Nc3nc(N4CCCC(C)(O)C4)c4c(ccn4C)n3)c(C)c1)C2. The monoisotopic (exact) mass is 566 g/mol. The fourth-order valence-corrected chi connectivity index (χ4v) is 9.12. The Morgan fingerprint density at radius 2 is 1.85 bits per heavy atom. The van der Waals surface area contributed by atoms with E-state index in [0.717, 1.165) is 92.8 Å². The van der Waals surface area contributed by atoms with Crippen molar-refractivity contribution in [2.45, 2.75) is 75.0 Å². The number of likely N-dealkylation sites (tertiary alicyclic amines) is 1. The van der Waals surface area contributed by atoms with Crippen LogP contribution in [0.15, 0.2) is 35.4 Å². The van der Waals surface area contributed by atoms with E-state index in [9.17, 15) is 13.5 Å². The molecule has 3 fully saturated rings. The van der Waals surface area contributed by atoms with E-state index in [1.165, 1.54) is 0 Å². The minimum absolute atomic E-state index is 0.215. The van der Waals surface area contributed by atoms with Crippen LogP contribution in [0, 0.1) is 12.3 Å². The zero-order valence-corrected chi connectivity index (χ0v) is 25.0. The summed E-state index contributed by atoms with van der Waals surface area (Å²) in [5.41, 5.74) is 2.82. The van der Waals surface area contributed by atoms with Gasteiger partial charge >= 0.3 is 0 Å². The first-order valence-corrected chi connectivity index (χ1v) is 16.2. The Morgan fingerprint density at radius 1 is 1.10 bits per heavy atom. The number of anilines is 3. The van der Waals surface area contributed by atoms with E-state index in [2.05, 4.69) is 22.0 Å². The van der Waals surface area contributed by atoms with Crippen LogP contribution in [-0.2, 0) is 16.9 Å². The van der Waals surface area contributed by atoms with Crippen molar-refractivity contribution in [3.63, 3.8) is 0 Å². The molecule has 1 saturated carbocycles. The lowest BCUT2D eigenvalue weighted by Gasteiger charge is -2.51. The normalized spacial score (nSPS) is 24.0. The summed E-state index contributed by atoms with van der Waals surface area (Å²) in [5, 5.41) is 13.8. The first kappa shape index (κ1) is 27.5. The third-order valence-corrected chi connectivity index (χ3v) is 11.7. The lowest BCUT2D eigenvalue weighted by molar-refractivity contribution is 0.0386. The molecule has 0 radical (unpaired) electrons. The molecule has 1 atom stereocenters. The Labute approximate surface area is 237 Å². The van der Waals surface area contributed by atoms with Gasteiger partial charge in [0.05, 0.1) is 21.3 Å². The van der Waals surface area contributed by atoms with E-state index in [-0.39, 0.29) is 10.7 Å². The number of aromatic nitrogens is 3. The number of nitrogens with zero attached hydrogens (tertiary/aromatic N) is 5. The van der Waals surface area contributed by atoms with Gasteiger partial charge in [0.1, 0.15) is 5.52 Å². The minimum atomic E-state index is -3.37. The van der Waals surface area contributed by atoms with Crippen molar-refractivity contribution in [3.05, 3.63) is 36.0 Å². The molecule has 10 heteroatoms. The summed E-state index contributed by atoms with van der Waals surface area (Å²) in [6, 6.07) is 7.30. The van der Waals surface area contributed by atoms with E-state index in [4.69, 9.17) is 9.97 Å². The summed E-state index contributed by atoms with van der Waals surface area (Å²) in [7, 11) is -1.39. The fourth-order valence-electron chi connectivity index (χ4n) is 6.99. The van der Waals surface area contributed by atoms with Crippen molar-refractivity contribution >= 4 is 38.3 Å². The molecule has 1 spiro atoms. The predicted octanol–water partition coefficient (Wildman–Crippen LogP) is 4.41. The molecule has 0 bridgehead atoms. The number of hydrogen-bond acceptors (Lipinski definition) is 8. The van der Waals surface area contributed by atoms with Crippen molar-refractivity contribution in [2.24, 2.45) is 12.5 Å². The molecule has 1 aliphatic carbocycles. The Morgan fingerprint density at radius 3 is 2.52 bits per heavy atom. The van der Waals surface area contributed by atoms with Gasteiger partial charge in [0.2, 0.25) is 5.95 Å². The molecule has 1 aromatic carbocycles. The second-order valence-electron chi connectivity index (χ2n) is 12.7. The highest BCUT2D eigenvalue weighted by molar-refractivity contribution is 7.92. The first-order valence-electron chi connectivity index (χ1n) is 14.6. The first-order chi connectivity index (χ1) is 19.0. The van der Waals surface area contributed by atoms with Gasteiger partial charge in [-0.3, -0.25) is 0 Å². The third kappa shape index (κ3) is 4.99. The summed E-state index contributed by atoms with van der Waals surface area (Å²) < 4.78 is 29.1. The van der Waals surface area contributed by atoms with Crippen molar-refractivity contribution < 1.29 is 13.5 Å². The van der Waals surface area contributed by atoms with Gasteiger partial charge in [-0.2, -0.15) is 4.98 Å². The summed E-state index contributed by atoms with van der Waals surface area (Å²) in [6.45, 7) is 10.6. The average Bonchev–Trinajstić information content (AvgIpc) is 3.27. The second-order valence-corrected chi connectivity index (χ2v) is 14.9. The zero-order valence-electron chi connectivity index (χ0n) is 24.2. The van der Waals surface area contributed by atoms with Gasteiger partial charge in [0.25, 0.3) is 0 Å². The molecule has 6 rings (SSSR count). The third-order valence-electron chi connectivity index (χ3n) is 9.57. The molecule has 2 saturated heterocycles. The number of aryl methyl sites for hydroxylation is 2. The maximum absolute atomic E-state index is 13.5. The lowest BCUT2D eigenvalue weighted by Crippen LogP contribution is -2.51. The van der Waals surface area contributed by atoms with E-state index in [0.29, 0.717) is 17.4 Å². The van der Waals surface area contributed by atoms with Crippen LogP contribution in [0.1, 0.15) is 57.9 Å². The van der Waals surface area contributed by atoms with Crippen LogP contribution in [0.2, 0.25) is 0 Å². The second kappa shape index (κ2) is 9.99. The molecule has 0 amide bonds. The number of aliphatic hydroxyl groups is 1. The Hall–Kier alpha value is -2.69. The maximum Gasteiger partial charge on any atom is 0.229 e. The highest BCUT2D eigenvalue weighted by atomic mass is 32.2. The molecule has 4 heterocycles. The van der Waals surface area contributed by atoms with Crippen molar-refractivity contribution in [2.75, 3.05) is 42.9 Å². The molecule has 3 aliphatic rings. The molecule has 2 N–H and O–H groups in total. The lowest BCUT2D eigenvalue weighted by atomic mass is 9.63. The van der Waals surface area contributed by atoms with Crippen LogP contribution in [0.25, 0.3) is 11.0 Å². The van der Waals surface area contributed by atoms with Gasteiger partial charge < -0.3 is 24.8 Å². The summed E-state index contributed by atoms with van der Waals surface area (Å²) in [4.78, 5) is 14.6. The van der Waals surface area contributed by atoms with E-state index in [1.807, 2.05) is 43.8 Å². The van der Waals surface area contributed by atoms with Gasteiger partial charge in [-0.1, -0.05) is 6.92 Å². The number of fused-ring (bicyclic) bond motifs is 1. The summed E-state index contributed by atoms with van der Waals surface area (Å²) in [5.74, 6) is 1.25. The van der Waals surface area contributed by atoms with Gasteiger partial charge in [-0.25, -0.2) is 13.4 Å². The van der Waals surface area contributed by atoms with Crippen molar-refractivity contribution in [1.29, 1.82) is 0 Å². The molecule has 3 aromatic rings. The van der Waals surface area contributed by atoms with Crippen molar-refractivity contribution in [3.8, 4) is 0 Å². The molecule has 40 heavy (non-hydrogen) atoms. The molecule has 2 aliphatic heterocycles. The molecule has 2 aromatic heterocycles. The molecule has 216 valence electrons. The van der Waals surface area contributed by atoms with E-state index >= 15 is 0 Å². The smallest absolute Gasteiger partial charge is 0.229 e. The topological polar surface area (TPSA) is 104 Å². The number of piperidine rings is 2. The highest BCUT2D eigenvalue weighted by Gasteiger charge is 2.50. The van der Waals surface area contributed by atoms with Crippen LogP contribution < -0.4 is 10.2 Å². The van der Waals surface area contributed by atoms with Crippen LogP contribution in [0.5, 0.6) is 0 Å². The predicted molar refractivity (Wildman–Crippen MR) is 159 cm³/mol. The quantitative estimate of drug-likeness (QED) is 0.452. The zero-order chi connectivity index (χ0) is 28.3. The number of sulfone groups is 1. The number of hydrogen-bond donors (Lipinski definition) is 2. The standard InChI is InChI=1S/C30H42N6O3S/c1-5-35-15-11-30(12-16-35)18-23(19-30)40(38,39)22-7-8-24(21(2)17-22)31-28-32-25-9-14-34(4)26(25)27(33-28)36-13-6-10-29(3,37)20-36/h7-9,14,17,23,37H,5-6,10-13,15-16,18-20H2,1-4H3,(H,31,32,33). The largest absolute Gasteiger partial charge is 0.388 e. The maximum atomic E-state index is 13.5. The van der Waals surface area contributed by atoms with Crippen LogP contribution >= 0.6 is 0 Å². The van der Waals surface area contributed by atoms with Gasteiger partial charge in [0, 0.05) is 32.0 Å². The Balaban J connectivity index is 1.21. The van der Waals surface area contributed by atoms with Crippen LogP contribution in [0.3, 0.4) is 0 Å².